The van der Waals surface area contributed by atoms with Crippen molar-refractivity contribution in [3.8, 4) is 0 Å². The number of alkyl halides is 3. The fourth-order valence-corrected chi connectivity index (χ4v) is 5.12. The largest absolute Gasteiger partial charge is 0.416 e. The van der Waals surface area contributed by atoms with Crippen LogP contribution >= 0.6 is 11.3 Å². The molecule has 1 saturated carbocycles. The van der Waals surface area contributed by atoms with Gasteiger partial charge in [0.2, 0.25) is 5.91 Å². The van der Waals surface area contributed by atoms with Crippen molar-refractivity contribution in [2.45, 2.75) is 45.8 Å². The number of hydrogen-bond donors (Lipinski definition) is 1. The molecule has 6 nitrogen and oxygen atoms in total. The number of amides is 1. The van der Waals surface area contributed by atoms with E-state index in [1.54, 1.807) is 0 Å². The number of hydrogen-bond acceptors (Lipinski definition) is 4. The monoisotopic (exact) mass is 479 g/mol. The highest BCUT2D eigenvalue weighted by Crippen LogP contribution is 2.40. The highest BCUT2D eigenvalue weighted by molar-refractivity contribution is 7.19. The van der Waals surface area contributed by atoms with Crippen LogP contribution in [-0.2, 0) is 31.0 Å². The van der Waals surface area contributed by atoms with Crippen molar-refractivity contribution in [1.29, 1.82) is 0 Å². The second kappa shape index (κ2) is 8.48. The molecule has 0 bridgehead atoms. The Hall–Kier alpha value is -2.88. The molecule has 1 aromatic carbocycles. The smallest absolute Gasteiger partial charge is 0.324 e. The molecule has 0 aliphatic heterocycles. The number of nitrogens with zero attached hydrogens (tertiary/aromatic N) is 2. The second-order valence-corrected chi connectivity index (χ2v) is 9.91. The zero-order valence-electron chi connectivity index (χ0n) is 18.5. The number of nitrogens with one attached hydrogen (secondary N) is 1. The molecule has 0 saturated heterocycles. The van der Waals surface area contributed by atoms with E-state index in [0.29, 0.717) is 16.3 Å². The van der Waals surface area contributed by atoms with E-state index in [-0.39, 0.29) is 40.8 Å². The standard InChI is InChI=1S/C23H24F3N3O3S/c1-12(2)11-29-21-17(20(31)28(3)22(29)32)18(27-19(30)13-8-9-13)16(33-21)10-14-6-4-5-7-15(14)23(24,25)26/h4-7,12-13H,8-11H2,1-3H3,(H,27,30). The van der Waals surface area contributed by atoms with Crippen LogP contribution in [0, 0.1) is 11.8 Å². The summed E-state index contributed by atoms with van der Waals surface area (Å²) >= 11 is 1.09. The Morgan fingerprint density at radius 1 is 1.21 bits per heavy atom. The number of fused-ring (bicyclic) bond motifs is 1. The van der Waals surface area contributed by atoms with Gasteiger partial charge in [-0.2, -0.15) is 13.2 Å². The Labute approximate surface area is 191 Å². The fourth-order valence-electron chi connectivity index (χ4n) is 3.85. The molecule has 1 amide bonds. The topological polar surface area (TPSA) is 73.1 Å². The van der Waals surface area contributed by atoms with Gasteiger partial charge in [-0.3, -0.25) is 18.7 Å². The molecule has 4 rings (SSSR count). The molecule has 2 aromatic heterocycles. The van der Waals surface area contributed by atoms with Crippen molar-refractivity contribution in [2.24, 2.45) is 18.9 Å². The van der Waals surface area contributed by atoms with Crippen LogP contribution in [0.2, 0.25) is 0 Å². The van der Waals surface area contributed by atoms with Crippen LogP contribution in [0.3, 0.4) is 0 Å². The Balaban J connectivity index is 1.96. The minimum Gasteiger partial charge on any atom is -0.324 e. The van der Waals surface area contributed by atoms with Crippen molar-refractivity contribution in [3.63, 3.8) is 0 Å². The summed E-state index contributed by atoms with van der Waals surface area (Å²) in [4.78, 5) is 39.3. The van der Waals surface area contributed by atoms with Crippen LogP contribution in [0.5, 0.6) is 0 Å². The lowest BCUT2D eigenvalue weighted by Gasteiger charge is -2.13. The van der Waals surface area contributed by atoms with Gasteiger partial charge < -0.3 is 5.32 Å². The number of carbonyl (C=O) groups excluding carboxylic acids is 1. The number of aromatic nitrogens is 2. The zero-order chi connectivity index (χ0) is 24.1. The molecule has 1 aliphatic carbocycles. The molecule has 0 radical (unpaired) electrons. The number of thiophene rings is 1. The van der Waals surface area contributed by atoms with E-state index in [1.165, 1.54) is 29.8 Å². The first-order chi connectivity index (χ1) is 15.5. The Morgan fingerprint density at radius 2 is 1.88 bits per heavy atom. The van der Waals surface area contributed by atoms with Crippen LogP contribution in [-0.4, -0.2) is 15.0 Å². The van der Waals surface area contributed by atoms with Gasteiger partial charge in [0.05, 0.1) is 16.6 Å². The number of carbonyl (C=O) groups is 1. The maximum absolute atomic E-state index is 13.6. The Morgan fingerprint density at radius 3 is 2.48 bits per heavy atom. The summed E-state index contributed by atoms with van der Waals surface area (Å²) in [6.07, 6.45) is -3.21. The third-order valence-corrected chi connectivity index (χ3v) is 6.87. The normalized spacial score (nSPS) is 14.3. The predicted molar refractivity (Wildman–Crippen MR) is 122 cm³/mol. The molecule has 0 spiro atoms. The SMILES string of the molecule is CC(C)Cn1c(=O)n(C)c(=O)c2c(NC(=O)C3CC3)c(Cc3ccccc3C(F)(F)F)sc21. The van der Waals surface area contributed by atoms with E-state index in [4.69, 9.17) is 0 Å². The first-order valence-corrected chi connectivity index (χ1v) is 11.5. The van der Waals surface area contributed by atoms with Gasteiger partial charge in [-0.1, -0.05) is 32.0 Å². The van der Waals surface area contributed by atoms with E-state index in [2.05, 4.69) is 5.32 Å². The number of rotatable bonds is 6. The minimum absolute atomic E-state index is 0.0352. The highest BCUT2D eigenvalue weighted by atomic mass is 32.1. The van der Waals surface area contributed by atoms with Gasteiger partial charge in [0, 0.05) is 30.8 Å². The Kier molecular flexibility index (Phi) is 5.98. The summed E-state index contributed by atoms with van der Waals surface area (Å²) in [5.41, 5.74) is -1.60. The van der Waals surface area contributed by atoms with Crippen LogP contribution < -0.4 is 16.6 Å². The lowest BCUT2D eigenvalue weighted by atomic mass is 10.0. The quantitative estimate of drug-likeness (QED) is 0.571. The van der Waals surface area contributed by atoms with Gasteiger partial charge >= 0.3 is 11.9 Å². The molecule has 0 atom stereocenters. The van der Waals surface area contributed by atoms with E-state index in [0.717, 1.165) is 34.8 Å². The number of anilines is 1. The van der Waals surface area contributed by atoms with Crippen LogP contribution in [0.15, 0.2) is 33.9 Å². The molecule has 33 heavy (non-hydrogen) atoms. The third-order valence-electron chi connectivity index (χ3n) is 5.66. The van der Waals surface area contributed by atoms with Crippen molar-refractivity contribution < 1.29 is 18.0 Å². The molecule has 2 heterocycles. The van der Waals surface area contributed by atoms with Crippen molar-refractivity contribution in [2.75, 3.05) is 5.32 Å². The lowest BCUT2D eigenvalue weighted by molar-refractivity contribution is -0.138. The summed E-state index contributed by atoms with van der Waals surface area (Å²) in [5.74, 6) is -0.339. The van der Waals surface area contributed by atoms with Crippen LogP contribution in [0.1, 0.15) is 42.7 Å². The average molecular weight is 480 g/mol. The summed E-state index contributed by atoms with van der Waals surface area (Å²) in [5, 5.41) is 2.97. The second-order valence-electron chi connectivity index (χ2n) is 8.83. The van der Waals surface area contributed by atoms with E-state index >= 15 is 0 Å². The first kappa shape index (κ1) is 23.3. The molecule has 3 aromatic rings. The Bertz CT molecular complexity index is 1350. The molecular formula is C23H24F3N3O3S. The molecule has 1 aliphatic rings. The molecule has 10 heteroatoms. The maximum Gasteiger partial charge on any atom is 0.416 e. The summed E-state index contributed by atoms with van der Waals surface area (Å²) in [6, 6.07) is 5.25. The highest BCUT2D eigenvalue weighted by Gasteiger charge is 2.35. The minimum atomic E-state index is -4.54. The average Bonchev–Trinajstić information content (AvgIpc) is 3.53. The number of halogens is 3. The molecular weight excluding hydrogens is 455 g/mol. The molecule has 176 valence electrons. The number of benzene rings is 1. The van der Waals surface area contributed by atoms with Crippen molar-refractivity contribution >= 4 is 33.1 Å². The first-order valence-electron chi connectivity index (χ1n) is 10.7. The van der Waals surface area contributed by atoms with Crippen LogP contribution in [0.4, 0.5) is 18.9 Å². The molecule has 1 fully saturated rings. The van der Waals surface area contributed by atoms with E-state index < -0.39 is 23.0 Å². The van der Waals surface area contributed by atoms with Gasteiger partial charge in [-0.15, -0.1) is 11.3 Å². The summed E-state index contributed by atoms with van der Waals surface area (Å²) < 4.78 is 43.2. The summed E-state index contributed by atoms with van der Waals surface area (Å²) in [6.45, 7) is 4.18. The fraction of sp³-hybridized carbons (Fsp3) is 0.435. The zero-order valence-corrected chi connectivity index (χ0v) is 19.3. The van der Waals surface area contributed by atoms with Gasteiger partial charge in [0.1, 0.15) is 4.83 Å². The van der Waals surface area contributed by atoms with Crippen molar-refractivity contribution in [3.05, 3.63) is 61.1 Å². The van der Waals surface area contributed by atoms with Gasteiger partial charge in [0.25, 0.3) is 5.56 Å². The predicted octanol–water partition coefficient (Wildman–Crippen LogP) is 4.38. The van der Waals surface area contributed by atoms with E-state index in [1.807, 2.05) is 13.8 Å². The van der Waals surface area contributed by atoms with Gasteiger partial charge in [0.15, 0.2) is 0 Å². The molecule has 1 N–H and O–H groups in total. The maximum atomic E-state index is 13.6. The van der Waals surface area contributed by atoms with Crippen LogP contribution in [0.25, 0.3) is 10.2 Å². The van der Waals surface area contributed by atoms with E-state index in [9.17, 15) is 27.6 Å². The van der Waals surface area contributed by atoms with Crippen molar-refractivity contribution in [1.82, 2.24) is 9.13 Å². The lowest BCUT2D eigenvalue weighted by Crippen LogP contribution is -2.38. The molecule has 0 unspecified atom stereocenters. The van der Waals surface area contributed by atoms with Gasteiger partial charge in [-0.05, 0) is 30.4 Å². The van der Waals surface area contributed by atoms with Gasteiger partial charge in [-0.25, -0.2) is 4.79 Å². The summed E-state index contributed by atoms with van der Waals surface area (Å²) in [7, 11) is 1.36. The third kappa shape index (κ3) is 4.48.